The van der Waals surface area contributed by atoms with E-state index in [1.165, 1.54) is 0 Å². The Morgan fingerprint density at radius 3 is 2.43 bits per heavy atom. The molecular formula is C9H11NO3S. The van der Waals surface area contributed by atoms with E-state index in [0.717, 1.165) is 11.1 Å². The number of hydrogen-bond acceptors (Lipinski definition) is 3. The van der Waals surface area contributed by atoms with Crippen molar-refractivity contribution in [1.29, 1.82) is 0 Å². The lowest BCUT2D eigenvalue weighted by atomic mass is 10.1. The van der Waals surface area contributed by atoms with Crippen molar-refractivity contribution in [3.8, 4) is 0 Å². The smallest absolute Gasteiger partial charge is 0.157 e. The summed E-state index contributed by atoms with van der Waals surface area (Å²) in [5, 5.41) is 11.6. The highest BCUT2D eigenvalue weighted by atomic mass is 32.2. The van der Waals surface area contributed by atoms with E-state index in [1.807, 2.05) is 0 Å². The quantitative estimate of drug-likeness (QED) is 0.347. The first-order valence-corrected chi connectivity index (χ1v) is 5.26. The lowest BCUT2D eigenvalue weighted by molar-refractivity contribution is 0.319. The zero-order chi connectivity index (χ0) is 10.6. The molecule has 0 spiro atoms. The molecule has 0 saturated carbocycles. The zero-order valence-electron chi connectivity index (χ0n) is 7.67. The van der Waals surface area contributed by atoms with Crippen molar-refractivity contribution < 1.29 is 14.0 Å². The van der Waals surface area contributed by atoms with Crippen LogP contribution in [0.1, 0.15) is 18.1 Å². The highest BCUT2D eigenvalue weighted by Crippen LogP contribution is 2.07. The van der Waals surface area contributed by atoms with Gasteiger partial charge in [-0.25, -0.2) is 4.21 Å². The van der Waals surface area contributed by atoms with Crippen LogP contribution in [0.5, 0.6) is 0 Å². The highest BCUT2D eigenvalue weighted by Gasteiger charge is 2.00. The van der Waals surface area contributed by atoms with Gasteiger partial charge in [0.15, 0.2) is 11.1 Å². The van der Waals surface area contributed by atoms with Gasteiger partial charge >= 0.3 is 0 Å². The van der Waals surface area contributed by atoms with Crippen LogP contribution in [-0.4, -0.2) is 19.7 Å². The molecule has 2 N–H and O–H groups in total. The summed E-state index contributed by atoms with van der Waals surface area (Å²) in [5.74, 6) is 0.121. The Morgan fingerprint density at radius 2 is 2.00 bits per heavy atom. The normalized spacial score (nSPS) is 14.0. The van der Waals surface area contributed by atoms with Crippen LogP contribution in [0.15, 0.2) is 29.4 Å². The van der Waals surface area contributed by atoms with Crippen molar-refractivity contribution in [2.45, 2.75) is 12.7 Å². The van der Waals surface area contributed by atoms with Gasteiger partial charge in [-0.2, -0.15) is 0 Å². The summed E-state index contributed by atoms with van der Waals surface area (Å²) in [6.07, 6.45) is 0. The van der Waals surface area contributed by atoms with Gasteiger partial charge in [0.05, 0.1) is 11.5 Å². The lowest BCUT2D eigenvalue weighted by Crippen LogP contribution is -1.96. The molecule has 0 aliphatic carbocycles. The van der Waals surface area contributed by atoms with Crippen LogP contribution in [0.3, 0.4) is 0 Å². The predicted octanol–water partition coefficient (Wildman–Crippen LogP) is 1.61. The second kappa shape index (κ2) is 4.88. The van der Waals surface area contributed by atoms with Gasteiger partial charge in [-0.15, -0.1) is 0 Å². The summed E-state index contributed by atoms with van der Waals surface area (Å²) in [5.41, 5.74) is 2.09. The Hall–Kier alpha value is -1.20. The molecule has 0 aliphatic rings. The second-order valence-corrected chi connectivity index (χ2v) is 3.78. The molecule has 1 aromatic rings. The summed E-state index contributed by atoms with van der Waals surface area (Å²) in [7, 11) is 0. The fourth-order valence-electron chi connectivity index (χ4n) is 1.04. The molecule has 0 heterocycles. The maximum atomic E-state index is 10.5. The molecule has 5 heteroatoms. The predicted molar refractivity (Wildman–Crippen MR) is 54.9 cm³/mol. The van der Waals surface area contributed by atoms with Crippen molar-refractivity contribution in [3.05, 3.63) is 35.4 Å². The van der Waals surface area contributed by atoms with Gasteiger partial charge in [0.25, 0.3) is 0 Å². The molecule has 1 aromatic carbocycles. The maximum Gasteiger partial charge on any atom is 0.157 e. The van der Waals surface area contributed by atoms with Crippen LogP contribution in [-0.2, 0) is 16.8 Å². The maximum absolute atomic E-state index is 10.5. The van der Waals surface area contributed by atoms with Crippen LogP contribution in [0.4, 0.5) is 0 Å². The van der Waals surface area contributed by atoms with Crippen molar-refractivity contribution in [2.24, 2.45) is 5.16 Å². The van der Waals surface area contributed by atoms with Gasteiger partial charge in [-0.1, -0.05) is 29.4 Å². The van der Waals surface area contributed by atoms with Gasteiger partial charge < -0.3 is 9.76 Å². The van der Waals surface area contributed by atoms with E-state index in [1.54, 1.807) is 31.2 Å². The van der Waals surface area contributed by atoms with Crippen molar-refractivity contribution in [2.75, 3.05) is 0 Å². The molecule has 4 nitrogen and oxygen atoms in total. The van der Waals surface area contributed by atoms with E-state index in [0.29, 0.717) is 5.71 Å². The van der Waals surface area contributed by atoms with Crippen LogP contribution in [0.2, 0.25) is 0 Å². The minimum Gasteiger partial charge on any atom is -0.411 e. The van der Waals surface area contributed by atoms with Gasteiger partial charge in [0.1, 0.15) is 0 Å². The topological polar surface area (TPSA) is 69.9 Å². The Balaban J connectivity index is 2.83. The van der Waals surface area contributed by atoms with Crippen molar-refractivity contribution in [3.63, 3.8) is 0 Å². The minimum absolute atomic E-state index is 0.121. The molecule has 0 bridgehead atoms. The van der Waals surface area contributed by atoms with E-state index in [9.17, 15) is 4.21 Å². The fraction of sp³-hybridized carbons (Fsp3) is 0.222. The summed E-state index contributed by atoms with van der Waals surface area (Å²) >= 11 is -1.82. The molecule has 76 valence electrons. The summed E-state index contributed by atoms with van der Waals surface area (Å²) < 4.78 is 19.1. The number of nitrogens with zero attached hydrogens (tertiary/aromatic N) is 1. The van der Waals surface area contributed by atoms with Crippen molar-refractivity contribution >= 4 is 16.8 Å². The number of benzene rings is 1. The first kappa shape index (κ1) is 10.9. The Labute approximate surface area is 84.5 Å². The monoisotopic (exact) mass is 213 g/mol. The lowest BCUT2D eigenvalue weighted by Gasteiger charge is -2.00. The SMILES string of the molecule is CC(=NO)c1ccc(CS(=O)O)cc1. The summed E-state index contributed by atoms with van der Waals surface area (Å²) in [6, 6.07) is 6.96. The summed E-state index contributed by atoms with van der Waals surface area (Å²) in [4.78, 5) is 0. The molecule has 1 rings (SSSR count). The zero-order valence-corrected chi connectivity index (χ0v) is 8.49. The van der Waals surface area contributed by atoms with Crippen LogP contribution < -0.4 is 0 Å². The third-order valence-corrected chi connectivity index (χ3v) is 2.39. The molecule has 0 amide bonds. The average molecular weight is 213 g/mol. The fourth-order valence-corrected chi connectivity index (χ4v) is 1.52. The van der Waals surface area contributed by atoms with Gasteiger partial charge in [-0.05, 0) is 18.1 Å². The molecule has 0 saturated heterocycles. The highest BCUT2D eigenvalue weighted by molar-refractivity contribution is 7.78. The molecular weight excluding hydrogens is 202 g/mol. The molecule has 14 heavy (non-hydrogen) atoms. The van der Waals surface area contributed by atoms with E-state index in [2.05, 4.69) is 5.16 Å². The first-order chi connectivity index (χ1) is 6.63. The molecule has 0 fully saturated rings. The van der Waals surface area contributed by atoms with Crippen LogP contribution in [0.25, 0.3) is 0 Å². The third kappa shape index (κ3) is 2.93. The molecule has 0 radical (unpaired) electrons. The van der Waals surface area contributed by atoms with Crippen LogP contribution >= 0.6 is 0 Å². The van der Waals surface area contributed by atoms with E-state index in [4.69, 9.17) is 9.76 Å². The summed E-state index contributed by atoms with van der Waals surface area (Å²) in [6.45, 7) is 1.68. The third-order valence-electron chi connectivity index (χ3n) is 1.81. The van der Waals surface area contributed by atoms with Crippen LogP contribution in [0, 0.1) is 0 Å². The molecule has 1 unspecified atom stereocenters. The number of oxime groups is 1. The van der Waals surface area contributed by atoms with Gasteiger partial charge in [0.2, 0.25) is 0 Å². The minimum atomic E-state index is -1.82. The Bertz CT molecular complexity index is 359. The van der Waals surface area contributed by atoms with E-state index < -0.39 is 11.1 Å². The Kier molecular flexibility index (Phi) is 3.79. The molecule has 0 aromatic heterocycles. The van der Waals surface area contributed by atoms with E-state index >= 15 is 0 Å². The number of rotatable bonds is 3. The largest absolute Gasteiger partial charge is 0.411 e. The molecule has 0 aliphatic heterocycles. The Morgan fingerprint density at radius 1 is 1.43 bits per heavy atom. The first-order valence-electron chi connectivity index (χ1n) is 3.99. The number of hydrogen-bond donors (Lipinski definition) is 2. The van der Waals surface area contributed by atoms with Crippen molar-refractivity contribution in [1.82, 2.24) is 0 Å². The standard InChI is InChI=1S/C9H11NO3S/c1-7(10-11)9-4-2-8(3-5-9)6-14(12)13/h2-5,11H,6H2,1H3,(H,12,13). The van der Waals surface area contributed by atoms with E-state index in [-0.39, 0.29) is 5.75 Å². The average Bonchev–Trinajstić information content (AvgIpc) is 2.17. The second-order valence-electron chi connectivity index (χ2n) is 2.85. The molecule has 1 atom stereocenters. The van der Waals surface area contributed by atoms with Gasteiger partial charge in [-0.3, -0.25) is 0 Å². The van der Waals surface area contributed by atoms with Gasteiger partial charge in [0, 0.05) is 0 Å².